The Bertz CT molecular complexity index is 289. The quantitative estimate of drug-likeness (QED) is 0.702. The van der Waals surface area contributed by atoms with E-state index in [9.17, 15) is 4.39 Å². The molecular weight excluding hydrogens is 385 g/mol. The average Bonchev–Trinajstić information content (AvgIpc) is 2.09. The van der Waals surface area contributed by atoms with Gasteiger partial charge in [-0.1, -0.05) is 0 Å². The van der Waals surface area contributed by atoms with E-state index in [1.807, 2.05) is 6.07 Å². The first-order valence-corrected chi connectivity index (χ1v) is 5.42. The number of benzene rings is 1. The Morgan fingerprint density at radius 3 is 2.58 bits per heavy atom. The van der Waals surface area contributed by atoms with Gasteiger partial charge in [-0.2, -0.15) is 0 Å². The summed E-state index contributed by atoms with van der Waals surface area (Å²) in [5.41, 5.74) is 0.664. The molecule has 1 nitrogen and oxygen atoms in total. The Balaban J connectivity index is 3.19. The lowest BCUT2D eigenvalue weighted by molar-refractivity contribution is 0.408. The van der Waals surface area contributed by atoms with Crippen molar-refractivity contribution in [3.8, 4) is 5.75 Å². The second kappa shape index (κ2) is 4.59. The summed E-state index contributed by atoms with van der Waals surface area (Å²) in [6.45, 7) is -0.441. The van der Waals surface area contributed by atoms with Crippen LogP contribution in [-0.2, 0) is 6.67 Å². The minimum atomic E-state index is -0.441. The van der Waals surface area contributed by atoms with Gasteiger partial charge in [0, 0.05) is 3.57 Å². The van der Waals surface area contributed by atoms with Crippen LogP contribution in [0.25, 0.3) is 0 Å². The van der Waals surface area contributed by atoms with Crippen LogP contribution in [0.4, 0.5) is 4.39 Å². The molecule has 66 valence electrons. The third kappa shape index (κ3) is 2.21. The summed E-state index contributed by atoms with van der Waals surface area (Å²) in [5, 5.41) is 0. The Kier molecular flexibility index (Phi) is 4.01. The highest BCUT2D eigenvalue weighted by atomic mass is 127. The zero-order chi connectivity index (χ0) is 9.14. The summed E-state index contributed by atoms with van der Waals surface area (Å²) < 4.78 is 19.4. The second-order valence-electron chi connectivity index (χ2n) is 2.23. The minimum absolute atomic E-state index is 0.441. The zero-order valence-corrected chi connectivity index (χ0v) is 10.7. The zero-order valence-electron chi connectivity index (χ0n) is 6.40. The van der Waals surface area contributed by atoms with Crippen molar-refractivity contribution in [1.29, 1.82) is 0 Å². The van der Waals surface area contributed by atoms with Gasteiger partial charge in [-0.25, -0.2) is 4.39 Å². The Labute approximate surface area is 98.0 Å². The van der Waals surface area contributed by atoms with Crippen LogP contribution in [0.1, 0.15) is 5.56 Å². The minimum Gasteiger partial charge on any atom is -0.496 e. The molecule has 0 unspecified atom stereocenters. The van der Waals surface area contributed by atoms with Gasteiger partial charge in [0.1, 0.15) is 12.4 Å². The molecule has 12 heavy (non-hydrogen) atoms. The lowest BCUT2D eigenvalue weighted by Crippen LogP contribution is -1.92. The molecule has 0 aliphatic rings. The maximum absolute atomic E-state index is 12.3. The first-order chi connectivity index (χ1) is 5.69. The number of methoxy groups -OCH3 is 1. The molecular formula is C8H7FI2O. The fourth-order valence-electron chi connectivity index (χ4n) is 0.843. The lowest BCUT2D eigenvalue weighted by Gasteiger charge is -2.06. The van der Waals surface area contributed by atoms with E-state index in [4.69, 9.17) is 4.74 Å². The van der Waals surface area contributed by atoms with Crippen LogP contribution in [0.15, 0.2) is 12.1 Å². The molecule has 0 aliphatic carbocycles. The Morgan fingerprint density at radius 2 is 2.08 bits per heavy atom. The van der Waals surface area contributed by atoms with E-state index < -0.39 is 6.67 Å². The molecule has 1 aromatic rings. The summed E-state index contributed by atoms with van der Waals surface area (Å²) >= 11 is 4.35. The van der Waals surface area contributed by atoms with Crippen molar-refractivity contribution in [1.82, 2.24) is 0 Å². The molecule has 0 N–H and O–H groups in total. The van der Waals surface area contributed by atoms with Crippen LogP contribution in [-0.4, -0.2) is 7.11 Å². The molecule has 0 fully saturated rings. The maximum atomic E-state index is 12.3. The maximum Gasteiger partial charge on any atom is 0.133 e. The molecule has 0 heterocycles. The second-order valence-corrected chi connectivity index (χ2v) is 4.47. The van der Waals surface area contributed by atoms with Crippen LogP contribution in [0.5, 0.6) is 5.75 Å². The molecule has 0 amide bonds. The Morgan fingerprint density at radius 1 is 1.42 bits per heavy atom. The first-order valence-electron chi connectivity index (χ1n) is 3.27. The molecule has 0 aliphatic heterocycles. The smallest absolute Gasteiger partial charge is 0.133 e. The molecule has 4 heteroatoms. The molecule has 0 radical (unpaired) electrons. The van der Waals surface area contributed by atoms with Gasteiger partial charge in [0.05, 0.1) is 10.7 Å². The van der Waals surface area contributed by atoms with Gasteiger partial charge >= 0.3 is 0 Å². The average molecular weight is 392 g/mol. The van der Waals surface area contributed by atoms with Crippen molar-refractivity contribution in [2.75, 3.05) is 7.11 Å². The van der Waals surface area contributed by atoms with Crippen LogP contribution in [0, 0.1) is 7.14 Å². The van der Waals surface area contributed by atoms with Crippen LogP contribution in [0.2, 0.25) is 0 Å². The summed E-state index contributed by atoms with van der Waals surface area (Å²) in [7, 11) is 1.59. The number of ether oxygens (including phenoxy) is 1. The molecule has 0 spiro atoms. The molecule has 0 saturated heterocycles. The van der Waals surface area contributed by atoms with Gasteiger partial charge in [0.15, 0.2) is 0 Å². The third-order valence-electron chi connectivity index (χ3n) is 1.43. The predicted octanol–water partition coefficient (Wildman–Crippen LogP) is 3.37. The molecule has 0 saturated carbocycles. The van der Waals surface area contributed by atoms with Crippen molar-refractivity contribution in [3.05, 3.63) is 24.8 Å². The standard InChI is InChI=1S/C8H7FI2O/c1-12-7-3-5(4-9)2-6(10)8(7)11/h2-3H,4H2,1H3. The third-order valence-corrected chi connectivity index (χ3v) is 4.42. The predicted molar refractivity (Wildman–Crippen MR) is 63.2 cm³/mol. The van der Waals surface area contributed by atoms with Gasteiger partial charge in [0.25, 0.3) is 0 Å². The van der Waals surface area contributed by atoms with Crippen molar-refractivity contribution >= 4 is 45.2 Å². The molecule has 1 rings (SSSR count). The summed E-state index contributed by atoms with van der Waals surface area (Å²) in [6.07, 6.45) is 0. The SMILES string of the molecule is COc1cc(CF)cc(I)c1I. The molecule has 0 bridgehead atoms. The fraction of sp³-hybridized carbons (Fsp3) is 0.250. The highest BCUT2D eigenvalue weighted by Gasteiger charge is 2.06. The van der Waals surface area contributed by atoms with E-state index >= 15 is 0 Å². The first kappa shape index (κ1) is 10.5. The van der Waals surface area contributed by atoms with Gasteiger partial charge in [0.2, 0.25) is 0 Å². The lowest BCUT2D eigenvalue weighted by atomic mass is 10.2. The van der Waals surface area contributed by atoms with Gasteiger partial charge in [-0.15, -0.1) is 0 Å². The summed E-state index contributed by atoms with van der Waals surface area (Å²) in [4.78, 5) is 0. The van der Waals surface area contributed by atoms with Gasteiger partial charge < -0.3 is 4.74 Å². The largest absolute Gasteiger partial charge is 0.496 e. The van der Waals surface area contributed by atoms with E-state index in [1.54, 1.807) is 13.2 Å². The van der Waals surface area contributed by atoms with Crippen molar-refractivity contribution in [2.45, 2.75) is 6.67 Å². The number of alkyl halides is 1. The molecule has 0 atom stereocenters. The highest BCUT2D eigenvalue weighted by molar-refractivity contribution is 14.1. The van der Waals surface area contributed by atoms with E-state index in [0.717, 1.165) is 12.9 Å². The normalized spacial score (nSPS) is 10.0. The number of rotatable bonds is 2. The topological polar surface area (TPSA) is 9.23 Å². The summed E-state index contributed by atoms with van der Waals surface area (Å²) in [5.74, 6) is 0.746. The van der Waals surface area contributed by atoms with Crippen LogP contribution < -0.4 is 4.74 Å². The summed E-state index contributed by atoms with van der Waals surface area (Å²) in [6, 6.07) is 3.55. The monoisotopic (exact) mass is 392 g/mol. The van der Waals surface area contributed by atoms with E-state index in [-0.39, 0.29) is 0 Å². The molecule has 1 aromatic carbocycles. The van der Waals surface area contributed by atoms with Gasteiger partial charge in [-0.3, -0.25) is 0 Å². The highest BCUT2D eigenvalue weighted by Crippen LogP contribution is 2.27. The molecule has 0 aromatic heterocycles. The van der Waals surface area contributed by atoms with Gasteiger partial charge in [-0.05, 0) is 62.9 Å². The van der Waals surface area contributed by atoms with Crippen molar-refractivity contribution < 1.29 is 9.13 Å². The van der Waals surface area contributed by atoms with Crippen molar-refractivity contribution in [3.63, 3.8) is 0 Å². The fourth-order valence-corrected chi connectivity index (χ4v) is 2.04. The van der Waals surface area contributed by atoms with Crippen molar-refractivity contribution in [2.24, 2.45) is 0 Å². The number of halogens is 3. The van der Waals surface area contributed by atoms with E-state index in [1.165, 1.54) is 0 Å². The van der Waals surface area contributed by atoms with E-state index in [2.05, 4.69) is 45.2 Å². The number of hydrogen-bond acceptors (Lipinski definition) is 1. The number of hydrogen-bond donors (Lipinski definition) is 0. The van der Waals surface area contributed by atoms with Crippen LogP contribution >= 0.6 is 45.2 Å². The van der Waals surface area contributed by atoms with Crippen LogP contribution in [0.3, 0.4) is 0 Å². The Hall–Kier alpha value is 0.410. The van der Waals surface area contributed by atoms with E-state index in [0.29, 0.717) is 5.56 Å².